The first-order chi connectivity index (χ1) is 9.19. The van der Waals surface area contributed by atoms with Crippen LogP contribution in [0.15, 0.2) is 29.6 Å². The lowest BCUT2D eigenvalue weighted by molar-refractivity contribution is -0.0498. The number of thiazole rings is 1. The molecule has 0 aliphatic heterocycles. The summed E-state index contributed by atoms with van der Waals surface area (Å²) in [4.78, 5) is 4.48. The smallest absolute Gasteiger partial charge is 0.387 e. The topological polar surface area (TPSA) is 34.2 Å². The molecule has 0 bridgehead atoms. The highest BCUT2D eigenvalue weighted by Gasteiger charge is 2.07. The van der Waals surface area contributed by atoms with E-state index >= 15 is 0 Å². The van der Waals surface area contributed by atoms with Crippen LogP contribution < -0.4 is 10.1 Å². The lowest BCUT2D eigenvalue weighted by Gasteiger charge is -2.04. The Morgan fingerprint density at radius 3 is 2.60 bits per heavy atom. The Bertz CT molecular complexity index is 519. The molecule has 0 saturated carbocycles. The normalized spacial score (nSPS) is 10.4. The van der Waals surface area contributed by atoms with Crippen molar-refractivity contribution in [2.24, 2.45) is 0 Å². The number of rotatable bonds is 6. The number of hydrogen-bond donors (Lipinski definition) is 1. The Kier molecular flexibility index (Phi) is 6.84. The molecule has 20 heavy (non-hydrogen) atoms. The van der Waals surface area contributed by atoms with Crippen molar-refractivity contribution in [1.82, 2.24) is 10.3 Å². The van der Waals surface area contributed by atoms with Crippen molar-refractivity contribution in [3.05, 3.63) is 34.7 Å². The highest BCUT2D eigenvalue weighted by Crippen LogP contribution is 2.24. The van der Waals surface area contributed by atoms with Crippen molar-refractivity contribution in [3.8, 4) is 17.0 Å². The van der Waals surface area contributed by atoms with Crippen LogP contribution in [0.2, 0.25) is 0 Å². The highest BCUT2D eigenvalue weighted by molar-refractivity contribution is 7.09. The highest BCUT2D eigenvalue weighted by atomic mass is 35.5. The van der Waals surface area contributed by atoms with Gasteiger partial charge >= 0.3 is 6.61 Å². The molecule has 0 aliphatic rings. The number of nitrogens with one attached hydrogen (secondary N) is 1. The van der Waals surface area contributed by atoms with Gasteiger partial charge in [-0.05, 0) is 30.8 Å². The van der Waals surface area contributed by atoms with Gasteiger partial charge in [-0.25, -0.2) is 4.98 Å². The molecule has 0 atom stereocenters. The van der Waals surface area contributed by atoms with E-state index in [1.165, 1.54) is 12.1 Å². The van der Waals surface area contributed by atoms with Crippen LogP contribution in [0.5, 0.6) is 5.75 Å². The second-order valence-corrected chi connectivity index (χ2v) is 4.75. The fraction of sp³-hybridized carbons (Fsp3) is 0.308. The van der Waals surface area contributed by atoms with Gasteiger partial charge < -0.3 is 10.1 Å². The number of nitrogens with zero attached hydrogens (tertiary/aromatic N) is 1. The van der Waals surface area contributed by atoms with Crippen molar-refractivity contribution in [2.45, 2.75) is 20.1 Å². The minimum absolute atomic E-state index is 0. The van der Waals surface area contributed by atoms with Gasteiger partial charge in [-0.2, -0.15) is 8.78 Å². The first kappa shape index (κ1) is 16.8. The largest absolute Gasteiger partial charge is 0.435 e. The van der Waals surface area contributed by atoms with E-state index in [9.17, 15) is 8.78 Å². The summed E-state index contributed by atoms with van der Waals surface area (Å²) in [6, 6.07) is 6.49. The van der Waals surface area contributed by atoms with E-state index < -0.39 is 6.61 Å². The molecular formula is C13H15ClF2N2OS. The van der Waals surface area contributed by atoms with E-state index in [0.29, 0.717) is 0 Å². The monoisotopic (exact) mass is 320 g/mol. The summed E-state index contributed by atoms with van der Waals surface area (Å²) in [6.45, 7) is 0.885. The Morgan fingerprint density at radius 2 is 2.00 bits per heavy atom. The molecule has 1 heterocycles. The zero-order chi connectivity index (χ0) is 13.7. The van der Waals surface area contributed by atoms with E-state index in [1.807, 2.05) is 12.3 Å². The number of ether oxygens (including phenoxy) is 1. The molecular weight excluding hydrogens is 306 g/mol. The minimum Gasteiger partial charge on any atom is -0.435 e. The molecule has 3 nitrogen and oxygen atoms in total. The molecule has 0 spiro atoms. The molecule has 0 unspecified atom stereocenters. The van der Waals surface area contributed by atoms with Crippen molar-refractivity contribution in [2.75, 3.05) is 6.54 Å². The van der Waals surface area contributed by atoms with E-state index in [1.54, 1.807) is 23.5 Å². The maximum Gasteiger partial charge on any atom is 0.387 e. The van der Waals surface area contributed by atoms with Gasteiger partial charge in [-0.3, -0.25) is 0 Å². The molecule has 0 aliphatic carbocycles. The van der Waals surface area contributed by atoms with Crippen LogP contribution in [-0.2, 0) is 6.54 Å². The second-order valence-electron chi connectivity index (χ2n) is 3.81. The summed E-state index contributed by atoms with van der Waals surface area (Å²) in [7, 11) is 0. The van der Waals surface area contributed by atoms with Crippen LogP contribution >= 0.6 is 23.7 Å². The third kappa shape index (κ3) is 4.70. The van der Waals surface area contributed by atoms with E-state index in [4.69, 9.17) is 0 Å². The van der Waals surface area contributed by atoms with Gasteiger partial charge in [0.1, 0.15) is 10.8 Å². The van der Waals surface area contributed by atoms with Gasteiger partial charge in [-0.15, -0.1) is 23.7 Å². The van der Waals surface area contributed by atoms with Gasteiger partial charge in [0, 0.05) is 17.5 Å². The predicted octanol–water partition coefficient (Wildman–Crippen LogP) is 3.94. The molecule has 0 fully saturated rings. The Balaban J connectivity index is 0.00000200. The van der Waals surface area contributed by atoms with Crippen LogP contribution in [0.3, 0.4) is 0 Å². The minimum atomic E-state index is -2.79. The molecule has 110 valence electrons. The van der Waals surface area contributed by atoms with Crippen LogP contribution in [0.25, 0.3) is 11.3 Å². The summed E-state index contributed by atoms with van der Waals surface area (Å²) >= 11 is 1.57. The second kappa shape index (κ2) is 8.14. The zero-order valence-electron chi connectivity index (χ0n) is 10.8. The van der Waals surface area contributed by atoms with E-state index in [-0.39, 0.29) is 18.2 Å². The average Bonchev–Trinajstić information content (AvgIpc) is 2.85. The van der Waals surface area contributed by atoms with Gasteiger partial charge in [-0.1, -0.05) is 6.92 Å². The van der Waals surface area contributed by atoms with Crippen LogP contribution in [0, 0.1) is 0 Å². The predicted molar refractivity (Wildman–Crippen MR) is 78.8 cm³/mol. The number of alkyl halides is 2. The van der Waals surface area contributed by atoms with Crippen LogP contribution in [0.1, 0.15) is 11.9 Å². The van der Waals surface area contributed by atoms with Crippen LogP contribution in [-0.4, -0.2) is 18.1 Å². The summed E-state index contributed by atoms with van der Waals surface area (Å²) < 4.78 is 28.4. The SMILES string of the molecule is CCNCc1nc(-c2ccc(OC(F)F)cc2)cs1.Cl. The molecule has 1 aromatic heterocycles. The number of aromatic nitrogens is 1. The number of benzene rings is 1. The Morgan fingerprint density at radius 1 is 1.30 bits per heavy atom. The Hall–Kier alpha value is -1.24. The van der Waals surface area contributed by atoms with Crippen LogP contribution in [0.4, 0.5) is 8.78 Å². The van der Waals surface area contributed by atoms with Crippen molar-refractivity contribution in [3.63, 3.8) is 0 Å². The van der Waals surface area contributed by atoms with Gasteiger partial charge in [0.15, 0.2) is 0 Å². The van der Waals surface area contributed by atoms with E-state index in [2.05, 4.69) is 15.0 Å². The molecule has 2 aromatic rings. The maximum absolute atomic E-state index is 12.0. The average molecular weight is 321 g/mol. The lowest BCUT2D eigenvalue weighted by Crippen LogP contribution is -2.11. The first-order valence-electron chi connectivity index (χ1n) is 5.89. The van der Waals surface area contributed by atoms with Gasteiger partial charge in [0.05, 0.1) is 5.69 Å². The van der Waals surface area contributed by atoms with Gasteiger partial charge in [0.2, 0.25) is 0 Å². The molecule has 7 heteroatoms. The van der Waals surface area contributed by atoms with Gasteiger partial charge in [0.25, 0.3) is 0 Å². The summed E-state index contributed by atoms with van der Waals surface area (Å²) in [5.74, 6) is 0.154. The molecule has 2 rings (SSSR count). The fourth-order valence-corrected chi connectivity index (χ4v) is 2.34. The summed E-state index contributed by atoms with van der Waals surface area (Å²) in [5.41, 5.74) is 1.74. The quantitative estimate of drug-likeness (QED) is 0.875. The molecule has 0 saturated heterocycles. The number of halogens is 3. The van der Waals surface area contributed by atoms with Crippen molar-refractivity contribution < 1.29 is 13.5 Å². The standard InChI is InChI=1S/C13H14F2N2OS.ClH/c1-2-16-7-12-17-11(8-19-12)9-3-5-10(6-4-9)18-13(14)15;/h3-6,8,13,16H,2,7H2,1H3;1H. The molecule has 0 amide bonds. The maximum atomic E-state index is 12.0. The van der Waals surface area contributed by atoms with E-state index in [0.717, 1.165) is 29.4 Å². The molecule has 1 aromatic carbocycles. The van der Waals surface area contributed by atoms with Crippen molar-refractivity contribution >= 4 is 23.7 Å². The summed E-state index contributed by atoms with van der Waals surface area (Å²) in [6.07, 6.45) is 0. The first-order valence-corrected chi connectivity index (χ1v) is 6.77. The molecule has 1 N–H and O–H groups in total. The Labute approximate surface area is 126 Å². The zero-order valence-corrected chi connectivity index (χ0v) is 12.4. The number of hydrogen-bond acceptors (Lipinski definition) is 4. The summed E-state index contributed by atoms with van der Waals surface area (Å²) in [5, 5.41) is 6.16. The lowest BCUT2D eigenvalue weighted by atomic mass is 10.2. The third-order valence-electron chi connectivity index (χ3n) is 2.45. The third-order valence-corrected chi connectivity index (χ3v) is 3.30. The molecule has 0 radical (unpaired) electrons. The van der Waals surface area contributed by atoms with Crippen molar-refractivity contribution in [1.29, 1.82) is 0 Å². The fourth-order valence-electron chi connectivity index (χ4n) is 1.56.